The summed E-state index contributed by atoms with van der Waals surface area (Å²) in [5.41, 5.74) is 3.34. The SMILES string of the molecule is CCc1ccc(NC(=O)CSC2=Nc3ccccc3C3=N[C@H](CCC(=O)NCc4ccco4)C(=O)N23)cc1. The Morgan fingerprint density at radius 3 is 2.63 bits per heavy atom. The van der Waals surface area contributed by atoms with E-state index in [-0.39, 0.29) is 42.9 Å². The zero-order valence-corrected chi connectivity index (χ0v) is 21.7. The zero-order chi connectivity index (χ0) is 26.5. The van der Waals surface area contributed by atoms with Crippen LogP contribution in [0.25, 0.3) is 0 Å². The Kier molecular flexibility index (Phi) is 7.69. The summed E-state index contributed by atoms with van der Waals surface area (Å²) in [5.74, 6) is 0.592. The van der Waals surface area contributed by atoms with Crippen molar-refractivity contribution >= 4 is 51.9 Å². The Labute approximate surface area is 224 Å². The zero-order valence-electron chi connectivity index (χ0n) is 20.8. The van der Waals surface area contributed by atoms with Crippen molar-refractivity contribution in [3.63, 3.8) is 0 Å². The number of rotatable bonds is 9. The molecule has 38 heavy (non-hydrogen) atoms. The van der Waals surface area contributed by atoms with Gasteiger partial charge in [0.05, 0.1) is 24.2 Å². The summed E-state index contributed by atoms with van der Waals surface area (Å²) >= 11 is 1.18. The van der Waals surface area contributed by atoms with Crippen molar-refractivity contribution in [3.8, 4) is 0 Å². The maximum absolute atomic E-state index is 13.4. The molecule has 0 saturated heterocycles. The van der Waals surface area contributed by atoms with E-state index in [0.29, 0.717) is 28.1 Å². The first-order chi connectivity index (χ1) is 18.5. The van der Waals surface area contributed by atoms with Gasteiger partial charge in [-0.2, -0.15) is 0 Å². The van der Waals surface area contributed by atoms with Gasteiger partial charge in [0.1, 0.15) is 17.6 Å². The number of anilines is 1. The number of carbonyl (C=O) groups is 3. The van der Waals surface area contributed by atoms with Gasteiger partial charge in [0.2, 0.25) is 11.8 Å². The number of furan rings is 1. The lowest BCUT2D eigenvalue weighted by Gasteiger charge is -2.25. The van der Waals surface area contributed by atoms with Crippen molar-refractivity contribution in [2.45, 2.75) is 38.8 Å². The van der Waals surface area contributed by atoms with E-state index in [4.69, 9.17) is 4.42 Å². The number of fused-ring (bicyclic) bond motifs is 3. The van der Waals surface area contributed by atoms with E-state index < -0.39 is 6.04 Å². The van der Waals surface area contributed by atoms with Crippen LogP contribution in [0.4, 0.5) is 11.4 Å². The molecule has 2 N–H and O–H groups in total. The number of benzene rings is 2. The molecule has 2 aliphatic heterocycles. The van der Waals surface area contributed by atoms with Crippen LogP contribution in [0.5, 0.6) is 0 Å². The number of aryl methyl sites for hydroxylation is 1. The molecule has 0 fully saturated rings. The second-order valence-electron chi connectivity index (χ2n) is 8.84. The molecular formula is C28H27N5O4S. The van der Waals surface area contributed by atoms with Crippen LogP contribution < -0.4 is 10.6 Å². The third-order valence-electron chi connectivity index (χ3n) is 6.21. The third kappa shape index (κ3) is 5.70. The molecule has 0 bridgehead atoms. The van der Waals surface area contributed by atoms with Gasteiger partial charge in [0, 0.05) is 17.7 Å². The van der Waals surface area contributed by atoms with Crippen molar-refractivity contribution in [3.05, 3.63) is 83.8 Å². The van der Waals surface area contributed by atoms with Crippen LogP contribution in [-0.2, 0) is 27.3 Å². The van der Waals surface area contributed by atoms with Gasteiger partial charge in [0.25, 0.3) is 5.91 Å². The van der Waals surface area contributed by atoms with Crippen LogP contribution in [0.15, 0.2) is 81.3 Å². The number of carbonyl (C=O) groups excluding carboxylic acids is 3. The quantitative estimate of drug-likeness (QED) is 0.430. The van der Waals surface area contributed by atoms with Gasteiger partial charge in [0.15, 0.2) is 5.17 Å². The van der Waals surface area contributed by atoms with Crippen molar-refractivity contribution < 1.29 is 18.8 Å². The second kappa shape index (κ2) is 11.5. The third-order valence-corrected chi connectivity index (χ3v) is 7.15. The molecular weight excluding hydrogens is 502 g/mol. The Hall–Kier alpha value is -4.18. The average molecular weight is 530 g/mol. The van der Waals surface area contributed by atoms with Gasteiger partial charge >= 0.3 is 0 Å². The molecule has 0 radical (unpaired) electrons. The van der Waals surface area contributed by atoms with Crippen LogP contribution in [0.2, 0.25) is 0 Å². The molecule has 3 aromatic rings. The normalized spacial score (nSPS) is 15.9. The highest BCUT2D eigenvalue weighted by atomic mass is 32.2. The standard InChI is InChI=1S/C28H27N5O4S/c1-2-18-9-11-19(12-10-18)30-25(35)17-38-28-32-22-8-4-3-7-21(22)26-31-23(27(36)33(26)28)13-14-24(34)29-16-20-6-5-15-37-20/h3-12,15,23H,2,13-14,16-17H2,1H3,(H,29,34)(H,30,35)/t23-/m1/s1. The van der Waals surface area contributed by atoms with Crippen molar-refractivity contribution in [2.24, 2.45) is 9.98 Å². The summed E-state index contributed by atoms with van der Waals surface area (Å²) in [6.07, 6.45) is 2.88. The maximum Gasteiger partial charge on any atom is 0.259 e. The van der Waals surface area contributed by atoms with Crippen LogP contribution in [-0.4, -0.2) is 45.4 Å². The fraction of sp³-hybridized carbons (Fsp3) is 0.250. The Morgan fingerprint density at radius 2 is 1.87 bits per heavy atom. The molecule has 0 saturated carbocycles. The molecule has 0 spiro atoms. The number of hydrogen-bond donors (Lipinski definition) is 2. The number of hydrogen-bond acceptors (Lipinski definition) is 7. The first-order valence-corrected chi connectivity index (χ1v) is 13.4. The Bertz CT molecular complexity index is 1400. The molecule has 0 unspecified atom stereocenters. The monoisotopic (exact) mass is 529 g/mol. The summed E-state index contributed by atoms with van der Waals surface area (Å²) in [5, 5.41) is 6.08. The van der Waals surface area contributed by atoms with Gasteiger partial charge < -0.3 is 15.1 Å². The Morgan fingerprint density at radius 1 is 1.05 bits per heavy atom. The van der Waals surface area contributed by atoms with Crippen molar-refractivity contribution in [2.75, 3.05) is 11.1 Å². The smallest absolute Gasteiger partial charge is 0.259 e. The van der Waals surface area contributed by atoms with Crippen molar-refractivity contribution in [1.29, 1.82) is 0 Å². The molecule has 9 nitrogen and oxygen atoms in total. The lowest BCUT2D eigenvalue weighted by atomic mass is 10.1. The van der Waals surface area contributed by atoms with Gasteiger partial charge in [-0.1, -0.05) is 43.0 Å². The fourth-order valence-electron chi connectivity index (χ4n) is 4.19. The predicted molar refractivity (Wildman–Crippen MR) is 147 cm³/mol. The number of amides is 3. The van der Waals surface area contributed by atoms with Crippen LogP contribution in [0, 0.1) is 0 Å². The minimum Gasteiger partial charge on any atom is -0.467 e. The van der Waals surface area contributed by atoms with Crippen LogP contribution in [0.3, 0.4) is 0 Å². The lowest BCUT2D eigenvalue weighted by molar-refractivity contribution is -0.125. The largest absolute Gasteiger partial charge is 0.467 e. The number of thioether (sulfide) groups is 1. The van der Waals surface area contributed by atoms with Crippen molar-refractivity contribution in [1.82, 2.24) is 10.2 Å². The van der Waals surface area contributed by atoms with E-state index >= 15 is 0 Å². The van der Waals surface area contributed by atoms with E-state index in [2.05, 4.69) is 27.5 Å². The highest BCUT2D eigenvalue weighted by Crippen LogP contribution is 2.34. The van der Waals surface area contributed by atoms with E-state index in [1.54, 1.807) is 18.4 Å². The molecule has 2 aromatic carbocycles. The summed E-state index contributed by atoms with van der Waals surface area (Å²) in [4.78, 5) is 49.2. The predicted octanol–water partition coefficient (Wildman–Crippen LogP) is 4.27. The minimum absolute atomic E-state index is 0.0768. The summed E-state index contributed by atoms with van der Waals surface area (Å²) in [6.45, 7) is 2.36. The summed E-state index contributed by atoms with van der Waals surface area (Å²) < 4.78 is 5.23. The van der Waals surface area contributed by atoms with E-state index in [9.17, 15) is 14.4 Å². The molecule has 3 heterocycles. The number of amidine groups is 2. The summed E-state index contributed by atoms with van der Waals surface area (Å²) in [6, 6.07) is 18.0. The highest BCUT2D eigenvalue weighted by molar-refractivity contribution is 8.14. The highest BCUT2D eigenvalue weighted by Gasteiger charge is 2.41. The van der Waals surface area contributed by atoms with Crippen LogP contribution >= 0.6 is 11.8 Å². The molecule has 5 rings (SSSR count). The molecule has 3 amide bonds. The van der Waals surface area contributed by atoms with Gasteiger partial charge in [-0.05, 0) is 54.8 Å². The molecule has 2 aliphatic rings. The van der Waals surface area contributed by atoms with Gasteiger partial charge in [-0.25, -0.2) is 9.89 Å². The molecule has 1 aromatic heterocycles. The molecule has 1 atom stereocenters. The minimum atomic E-state index is -0.706. The van der Waals surface area contributed by atoms with E-state index in [0.717, 1.165) is 12.0 Å². The van der Waals surface area contributed by atoms with Gasteiger partial charge in [-0.3, -0.25) is 19.4 Å². The molecule has 194 valence electrons. The van der Waals surface area contributed by atoms with Gasteiger partial charge in [-0.15, -0.1) is 0 Å². The lowest BCUT2D eigenvalue weighted by Crippen LogP contribution is -2.41. The first kappa shape index (κ1) is 25.5. The van der Waals surface area contributed by atoms with Crippen LogP contribution in [0.1, 0.15) is 36.7 Å². The van der Waals surface area contributed by atoms with E-state index in [1.165, 1.54) is 22.2 Å². The average Bonchev–Trinajstić information content (AvgIpc) is 3.58. The summed E-state index contributed by atoms with van der Waals surface area (Å²) in [7, 11) is 0. The molecule has 10 heteroatoms. The number of para-hydroxylation sites is 1. The van der Waals surface area contributed by atoms with E-state index in [1.807, 2.05) is 48.5 Å². The second-order valence-corrected chi connectivity index (χ2v) is 9.78. The Balaban J connectivity index is 1.24. The molecule has 0 aliphatic carbocycles. The number of nitrogens with zero attached hydrogens (tertiary/aromatic N) is 3. The topological polar surface area (TPSA) is 116 Å². The number of aliphatic imine (C=N–C) groups is 2. The fourth-order valence-corrected chi connectivity index (χ4v) is 4.99. The number of nitrogens with one attached hydrogen (secondary N) is 2. The first-order valence-electron chi connectivity index (χ1n) is 12.4. The maximum atomic E-state index is 13.4.